The van der Waals surface area contributed by atoms with E-state index in [1.165, 1.54) is 19.3 Å². The largest absolute Gasteiger partial charge is 0.493 e. The molecule has 1 aliphatic carbocycles. The first kappa shape index (κ1) is 21.4. The number of methoxy groups -OCH3 is 2. The van der Waals surface area contributed by atoms with Gasteiger partial charge in [-0.2, -0.15) is 0 Å². The SMILES string of the molecule is COc1ccc(CCNC(=O)[C@H]2CCc3nc(N4CCCCC4)ncc3C2)cc1OC. The Morgan fingerprint density at radius 2 is 1.97 bits per heavy atom. The van der Waals surface area contributed by atoms with E-state index in [2.05, 4.69) is 15.2 Å². The second kappa shape index (κ2) is 9.98. The van der Waals surface area contributed by atoms with Gasteiger partial charge in [0.15, 0.2) is 11.5 Å². The van der Waals surface area contributed by atoms with Crippen LogP contribution in [-0.2, 0) is 24.1 Å². The monoisotopic (exact) mass is 424 g/mol. The van der Waals surface area contributed by atoms with E-state index in [1.807, 2.05) is 24.4 Å². The van der Waals surface area contributed by atoms with Crippen LogP contribution in [0.5, 0.6) is 11.5 Å². The minimum absolute atomic E-state index is 0.0117. The maximum Gasteiger partial charge on any atom is 0.225 e. The van der Waals surface area contributed by atoms with Crippen LogP contribution in [0.25, 0.3) is 0 Å². The number of fused-ring (bicyclic) bond motifs is 1. The molecule has 1 aliphatic heterocycles. The Bertz CT molecular complexity index is 912. The number of benzene rings is 1. The number of carbonyl (C=O) groups excluding carboxylic acids is 1. The predicted molar refractivity (Wildman–Crippen MR) is 120 cm³/mol. The maximum absolute atomic E-state index is 12.7. The van der Waals surface area contributed by atoms with E-state index in [1.54, 1.807) is 14.2 Å². The van der Waals surface area contributed by atoms with Crippen LogP contribution in [0.15, 0.2) is 24.4 Å². The molecule has 0 spiro atoms. The molecular weight excluding hydrogens is 392 g/mol. The van der Waals surface area contributed by atoms with Crippen molar-refractivity contribution in [2.75, 3.05) is 38.8 Å². The lowest BCUT2D eigenvalue weighted by molar-refractivity contribution is -0.125. The highest BCUT2D eigenvalue weighted by molar-refractivity contribution is 5.79. The van der Waals surface area contributed by atoms with Gasteiger partial charge in [0.1, 0.15) is 0 Å². The van der Waals surface area contributed by atoms with Crippen LogP contribution < -0.4 is 19.7 Å². The quantitative estimate of drug-likeness (QED) is 0.737. The molecular formula is C24H32N4O3. The zero-order valence-electron chi connectivity index (χ0n) is 18.5. The Morgan fingerprint density at radius 1 is 1.16 bits per heavy atom. The Hall–Kier alpha value is -2.83. The third-order valence-corrected chi connectivity index (χ3v) is 6.31. The van der Waals surface area contributed by atoms with Crippen molar-refractivity contribution in [3.8, 4) is 11.5 Å². The summed E-state index contributed by atoms with van der Waals surface area (Å²) in [6.07, 6.45) is 8.81. The summed E-state index contributed by atoms with van der Waals surface area (Å²) >= 11 is 0. The van der Waals surface area contributed by atoms with Crippen LogP contribution in [0, 0.1) is 5.92 Å². The lowest BCUT2D eigenvalue weighted by Gasteiger charge is -2.28. The molecule has 2 aromatic rings. The van der Waals surface area contributed by atoms with Crippen LogP contribution in [0.3, 0.4) is 0 Å². The Kier molecular flexibility index (Phi) is 6.89. The number of rotatable bonds is 7. The number of piperidine rings is 1. The molecule has 1 saturated heterocycles. The summed E-state index contributed by atoms with van der Waals surface area (Å²) in [6, 6.07) is 5.85. The van der Waals surface area contributed by atoms with Gasteiger partial charge in [-0.3, -0.25) is 4.79 Å². The number of hydrogen-bond acceptors (Lipinski definition) is 6. The Balaban J connectivity index is 1.30. The Labute approximate surface area is 184 Å². The lowest BCUT2D eigenvalue weighted by atomic mass is 9.86. The molecule has 0 saturated carbocycles. The zero-order valence-corrected chi connectivity index (χ0v) is 18.5. The van der Waals surface area contributed by atoms with E-state index in [4.69, 9.17) is 14.5 Å². The van der Waals surface area contributed by atoms with Gasteiger partial charge in [0, 0.05) is 37.4 Å². The number of anilines is 1. The average Bonchev–Trinajstić information content (AvgIpc) is 2.83. The van der Waals surface area contributed by atoms with Crippen molar-refractivity contribution >= 4 is 11.9 Å². The number of hydrogen-bond donors (Lipinski definition) is 1. The summed E-state index contributed by atoms with van der Waals surface area (Å²) in [5.74, 6) is 2.38. The molecule has 1 atom stereocenters. The van der Waals surface area contributed by atoms with E-state index in [9.17, 15) is 4.79 Å². The summed E-state index contributed by atoms with van der Waals surface area (Å²) in [5, 5.41) is 3.10. The summed E-state index contributed by atoms with van der Waals surface area (Å²) < 4.78 is 10.6. The van der Waals surface area contributed by atoms with Crippen LogP contribution in [-0.4, -0.2) is 49.7 Å². The molecule has 1 aromatic heterocycles. The van der Waals surface area contributed by atoms with Crippen molar-refractivity contribution in [3.05, 3.63) is 41.2 Å². The number of ether oxygens (including phenoxy) is 2. The normalized spacial score (nSPS) is 18.3. The lowest BCUT2D eigenvalue weighted by Crippen LogP contribution is -2.36. The minimum atomic E-state index is -0.0117. The number of amides is 1. The third kappa shape index (κ3) is 5.09. The molecule has 1 amide bonds. The fourth-order valence-electron chi connectivity index (χ4n) is 4.48. The molecule has 7 heteroatoms. The fraction of sp³-hybridized carbons (Fsp3) is 0.542. The molecule has 0 radical (unpaired) electrons. The Morgan fingerprint density at radius 3 is 2.74 bits per heavy atom. The number of nitrogens with zero attached hydrogens (tertiary/aromatic N) is 3. The first-order chi connectivity index (χ1) is 15.2. The van der Waals surface area contributed by atoms with Gasteiger partial charge in [0.2, 0.25) is 11.9 Å². The van der Waals surface area contributed by atoms with E-state index in [0.717, 1.165) is 61.5 Å². The van der Waals surface area contributed by atoms with Crippen molar-refractivity contribution < 1.29 is 14.3 Å². The topological polar surface area (TPSA) is 76.6 Å². The summed E-state index contributed by atoms with van der Waals surface area (Å²) in [5.41, 5.74) is 3.34. The highest BCUT2D eigenvalue weighted by Gasteiger charge is 2.26. The first-order valence-electron chi connectivity index (χ1n) is 11.3. The summed E-state index contributed by atoms with van der Waals surface area (Å²) in [6.45, 7) is 2.69. The molecule has 166 valence electrons. The summed E-state index contributed by atoms with van der Waals surface area (Å²) in [4.78, 5) is 24.4. The molecule has 0 bridgehead atoms. The number of carbonyl (C=O) groups is 1. The molecule has 0 unspecified atom stereocenters. The zero-order chi connectivity index (χ0) is 21.6. The second-order valence-corrected chi connectivity index (χ2v) is 8.36. The second-order valence-electron chi connectivity index (χ2n) is 8.36. The van der Waals surface area contributed by atoms with Crippen molar-refractivity contribution in [2.45, 2.75) is 44.9 Å². The number of aryl methyl sites for hydroxylation is 1. The molecule has 31 heavy (non-hydrogen) atoms. The molecule has 4 rings (SSSR count). The van der Waals surface area contributed by atoms with E-state index >= 15 is 0 Å². The van der Waals surface area contributed by atoms with Gasteiger partial charge in [0.05, 0.1) is 14.2 Å². The highest BCUT2D eigenvalue weighted by atomic mass is 16.5. The van der Waals surface area contributed by atoms with Gasteiger partial charge in [-0.15, -0.1) is 0 Å². The molecule has 1 aromatic carbocycles. The van der Waals surface area contributed by atoms with Crippen LogP contribution >= 0.6 is 0 Å². The van der Waals surface area contributed by atoms with Crippen molar-refractivity contribution in [2.24, 2.45) is 5.92 Å². The standard InChI is InChI=1S/C24H32N4O3/c1-30-21-9-6-17(14-22(21)31-2)10-11-25-23(29)18-7-8-20-19(15-18)16-26-24(27-20)28-12-4-3-5-13-28/h6,9,14,16,18H,3-5,7-8,10-13,15H2,1-2H3,(H,25,29)/t18-/m0/s1. The van der Waals surface area contributed by atoms with Gasteiger partial charge in [0.25, 0.3) is 0 Å². The summed E-state index contributed by atoms with van der Waals surface area (Å²) in [7, 11) is 3.25. The van der Waals surface area contributed by atoms with Crippen LogP contribution in [0.1, 0.15) is 42.5 Å². The molecule has 1 N–H and O–H groups in total. The fourth-order valence-corrected chi connectivity index (χ4v) is 4.48. The van der Waals surface area contributed by atoms with Gasteiger partial charge in [-0.1, -0.05) is 6.07 Å². The average molecular weight is 425 g/mol. The smallest absolute Gasteiger partial charge is 0.225 e. The molecule has 1 fully saturated rings. The number of nitrogens with one attached hydrogen (secondary N) is 1. The predicted octanol–water partition coefficient (Wildman–Crippen LogP) is 2.95. The van der Waals surface area contributed by atoms with E-state index in [-0.39, 0.29) is 11.8 Å². The van der Waals surface area contributed by atoms with E-state index in [0.29, 0.717) is 18.0 Å². The minimum Gasteiger partial charge on any atom is -0.493 e. The van der Waals surface area contributed by atoms with Gasteiger partial charge in [-0.25, -0.2) is 9.97 Å². The molecule has 2 aliphatic rings. The van der Waals surface area contributed by atoms with Crippen molar-refractivity contribution in [3.63, 3.8) is 0 Å². The molecule has 7 nitrogen and oxygen atoms in total. The highest BCUT2D eigenvalue weighted by Crippen LogP contribution is 2.28. The van der Waals surface area contributed by atoms with Gasteiger partial charge in [-0.05, 0) is 68.2 Å². The third-order valence-electron chi connectivity index (χ3n) is 6.31. The number of aromatic nitrogens is 2. The van der Waals surface area contributed by atoms with E-state index < -0.39 is 0 Å². The van der Waals surface area contributed by atoms with Crippen molar-refractivity contribution in [1.82, 2.24) is 15.3 Å². The maximum atomic E-state index is 12.7. The first-order valence-corrected chi connectivity index (χ1v) is 11.3. The van der Waals surface area contributed by atoms with Gasteiger partial charge >= 0.3 is 0 Å². The van der Waals surface area contributed by atoms with Crippen LogP contribution in [0.2, 0.25) is 0 Å². The van der Waals surface area contributed by atoms with Crippen LogP contribution in [0.4, 0.5) is 5.95 Å². The molecule has 2 heterocycles. The van der Waals surface area contributed by atoms with Gasteiger partial charge < -0.3 is 19.7 Å². The van der Waals surface area contributed by atoms with Crippen molar-refractivity contribution in [1.29, 1.82) is 0 Å².